The van der Waals surface area contributed by atoms with Gasteiger partial charge >= 0.3 is 0 Å². The van der Waals surface area contributed by atoms with E-state index in [0.717, 1.165) is 12.8 Å². The largest absolute Gasteiger partial charge is 0.392 e. The number of hydrogen-bond donors (Lipinski definition) is 2. The van der Waals surface area contributed by atoms with E-state index in [1.807, 2.05) is 6.92 Å². The fraction of sp³-hybridized carbons (Fsp3) is 0.538. The predicted molar refractivity (Wildman–Crippen MR) is 61.9 cm³/mol. The van der Waals surface area contributed by atoms with Gasteiger partial charge < -0.3 is 10.4 Å². The van der Waals surface area contributed by atoms with Crippen molar-refractivity contribution >= 4 is 0 Å². The molecule has 1 unspecified atom stereocenters. The molecule has 0 saturated heterocycles. The summed E-state index contributed by atoms with van der Waals surface area (Å²) in [6.45, 7) is 4.63. The van der Waals surface area contributed by atoms with Gasteiger partial charge in [-0.1, -0.05) is 23.8 Å². The molecule has 0 aliphatic heterocycles. The summed E-state index contributed by atoms with van der Waals surface area (Å²) in [5, 5.41) is 12.6. The van der Waals surface area contributed by atoms with Gasteiger partial charge in [-0.05, 0) is 37.8 Å². The number of nitrogens with one attached hydrogen (secondary N) is 1. The van der Waals surface area contributed by atoms with E-state index < -0.39 is 0 Å². The highest BCUT2D eigenvalue weighted by atomic mass is 16.3. The van der Waals surface area contributed by atoms with Crippen molar-refractivity contribution in [3.63, 3.8) is 0 Å². The van der Waals surface area contributed by atoms with Crippen LogP contribution in [-0.4, -0.2) is 17.8 Å². The first-order valence-corrected chi connectivity index (χ1v) is 5.67. The summed E-state index contributed by atoms with van der Waals surface area (Å²) in [7, 11) is 0. The first kappa shape index (κ1) is 10.7. The average Bonchev–Trinajstić information content (AvgIpc) is 2.57. The van der Waals surface area contributed by atoms with Crippen molar-refractivity contribution < 1.29 is 5.11 Å². The first-order chi connectivity index (χ1) is 7.16. The molecule has 0 heterocycles. The van der Waals surface area contributed by atoms with Gasteiger partial charge in [0.15, 0.2) is 0 Å². The van der Waals surface area contributed by atoms with Crippen LogP contribution in [0.4, 0.5) is 0 Å². The van der Waals surface area contributed by atoms with Crippen LogP contribution in [0.2, 0.25) is 0 Å². The Morgan fingerprint density at radius 2 is 2.33 bits per heavy atom. The fourth-order valence-electron chi connectivity index (χ4n) is 2.27. The molecule has 0 amide bonds. The Morgan fingerprint density at radius 3 is 3.07 bits per heavy atom. The van der Waals surface area contributed by atoms with Crippen LogP contribution in [0.5, 0.6) is 0 Å². The van der Waals surface area contributed by atoms with E-state index in [9.17, 15) is 5.11 Å². The minimum atomic E-state index is -0.264. The number of aryl methyl sites for hydroxylation is 2. The van der Waals surface area contributed by atoms with Crippen LogP contribution in [0.1, 0.15) is 36.1 Å². The molecule has 1 aliphatic carbocycles. The van der Waals surface area contributed by atoms with Crippen molar-refractivity contribution in [2.45, 2.75) is 38.8 Å². The molecule has 1 aliphatic rings. The number of rotatable bonds is 3. The standard InChI is InChI=1S/C13H19NO/c1-9-3-5-12-11(7-9)4-6-13(12)14-8-10(2)15/h3,5,7,10,13-15H,4,6,8H2,1-2H3/t10-,13?/m0/s1. The third-order valence-corrected chi connectivity index (χ3v) is 3.04. The molecule has 2 heteroatoms. The van der Waals surface area contributed by atoms with Crippen LogP contribution in [0.25, 0.3) is 0 Å². The monoisotopic (exact) mass is 205 g/mol. The smallest absolute Gasteiger partial charge is 0.0636 e. The third-order valence-electron chi connectivity index (χ3n) is 3.04. The van der Waals surface area contributed by atoms with E-state index in [0.29, 0.717) is 12.6 Å². The number of aliphatic hydroxyl groups is 1. The molecule has 0 bridgehead atoms. The highest BCUT2D eigenvalue weighted by Gasteiger charge is 2.21. The molecule has 0 spiro atoms. The van der Waals surface area contributed by atoms with Gasteiger partial charge in [0.05, 0.1) is 6.10 Å². The van der Waals surface area contributed by atoms with E-state index in [4.69, 9.17) is 0 Å². The second-order valence-corrected chi connectivity index (χ2v) is 4.55. The molecule has 0 saturated carbocycles. The zero-order valence-corrected chi connectivity index (χ0v) is 9.46. The van der Waals surface area contributed by atoms with Crippen LogP contribution in [0.3, 0.4) is 0 Å². The molecule has 82 valence electrons. The van der Waals surface area contributed by atoms with Crippen LogP contribution >= 0.6 is 0 Å². The van der Waals surface area contributed by atoms with Gasteiger partial charge in [-0.25, -0.2) is 0 Å². The van der Waals surface area contributed by atoms with Crippen molar-refractivity contribution in [1.29, 1.82) is 0 Å². The van der Waals surface area contributed by atoms with Crippen LogP contribution in [-0.2, 0) is 6.42 Å². The van der Waals surface area contributed by atoms with Gasteiger partial charge in [-0.2, -0.15) is 0 Å². The van der Waals surface area contributed by atoms with Crippen molar-refractivity contribution in [2.75, 3.05) is 6.54 Å². The normalized spacial score (nSPS) is 21.4. The molecular formula is C13H19NO. The summed E-state index contributed by atoms with van der Waals surface area (Å²) >= 11 is 0. The highest BCUT2D eigenvalue weighted by molar-refractivity contribution is 5.37. The maximum Gasteiger partial charge on any atom is 0.0636 e. The quantitative estimate of drug-likeness (QED) is 0.790. The summed E-state index contributed by atoms with van der Waals surface area (Å²) in [4.78, 5) is 0. The Kier molecular flexibility index (Phi) is 3.08. The van der Waals surface area contributed by atoms with Crippen molar-refractivity contribution in [1.82, 2.24) is 5.32 Å². The van der Waals surface area contributed by atoms with Gasteiger partial charge in [0.2, 0.25) is 0 Å². The summed E-state index contributed by atoms with van der Waals surface area (Å²) in [5.41, 5.74) is 4.23. The van der Waals surface area contributed by atoms with E-state index >= 15 is 0 Å². The third kappa shape index (κ3) is 2.39. The lowest BCUT2D eigenvalue weighted by Crippen LogP contribution is -2.27. The molecule has 15 heavy (non-hydrogen) atoms. The Hall–Kier alpha value is -0.860. The molecule has 0 aromatic heterocycles. The fourth-order valence-corrected chi connectivity index (χ4v) is 2.27. The van der Waals surface area contributed by atoms with Crippen LogP contribution < -0.4 is 5.32 Å². The van der Waals surface area contributed by atoms with Crippen molar-refractivity contribution in [3.8, 4) is 0 Å². The van der Waals surface area contributed by atoms with Gasteiger partial charge in [0.1, 0.15) is 0 Å². The summed E-state index contributed by atoms with van der Waals surface area (Å²) in [6.07, 6.45) is 2.06. The minimum Gasteiger partial charge on any atom is -0.392 e. The van der Waals surface area contributed by atoms with E-state index in [-0.39, 0.29) is 6.10 Å². The SMILES string of the molecule is Cc1ccc2c(c1)CCC2NC[C@H](C)O. The summed E-state index contributed by atoms with van der Waals surface area (Å²) in [5.74, 6) is 0. The molecule has 2 N–H and O–H groups in total. The maximum absolute atomic E-state index is 9.24. The lowest BCUT2D eigenvalue weighted by Gasteiger charge is -2.15. The Balaban J connectivity index is 2.08. The molecule has 0 fully saturated rings. The molecule has 1 aromatic carbocycles. The van der Waals surface area contributed by atoms with Gasteiger partial charge in [0, 0.05) is 12.6 Å². The van der Waals surface area contributed by atoms with Crippen LogP contribution in [0.15, 0.2) is 18.2 Å². The number of hydrogen-bond acceptors (Lipinski definition) is 2. The number of benzene rings is 1. The second-order valence-electron chi connectivity index (χ2n) is 4.55. The Morgan fingerprint density at radius 1 is 1.53 bits per heavy atom. The predicted octanol–water partition coefficient (Wildman–Crippen LogP) is 1.95. The molecule has 0 radical (unpaired) electrons. The average molecular weight is 205 g/mol. The summed E-state index contributed by atoms with van der Waals surface area (Å²) < 4.78 is 0. The van der Waals surface area contributed by atoms with Gasteiger partial charge in [0.25, 0.3) is 0 Å². The molecule has 1 aromatic rings. The number of fused-ring (bicyclic) bond motifs is 1. The molecular weight excluding hydrogens is 186 g/mol. The van der Waals surface area contributed by atoms with Crippen molar-refractivity contribution in [2.24, 2.45) is 0 Å². The zero-order chi connectivity index (χ0) is 10.8. The number of aliphatic hydroxyl groups excluding tert-OH is 1. The Labute approximate surface area is 91.3 Å². The van der Waals surface area contributed by atoms with E-state index in [2.05, 4.69) is 30.4 Å². The molecule has 2 rings (SSSR count). The summed E-state index contributed by atoms with van der Waals surface area (Å²) in [6, 6.07) is 7.10. The van der Waals surface area contributed by atoms with Crippen LogP contribution in [0, 0.1) is 6.92 Å². The lowest BCUT2D eigenvalue weighted by molar-refractivity contribution is 0.186. The first-order valence-electron chi connectivity index (χ1n) is 5.67. The molecule has 2 atom stereocenters. The van der Waals surface area contributed by atoms with Crippen molar-refractivity contribution in [3.05, 3.63) is 34.9 Å². The highest BCUT2D eigenvalue weighted by Crippen LogP contribution is 2.31. The zero-order valence-electron chi connectivity index (χ0n) is 9.46. The van der Waals surface area contributed by atoms with E-state index in [1.54, 1.807) is 0 Å². The van der Waals surface area contributed by atoms with Gasteiger partial charge in [-0.3, -0.25) is 0 Å². The molecule has 2 nitrogen and oxygen atoms in total. The minimum absolute atomic E-state index is 0.264. The maximum atomic E-state index is 9.24. The topological polar surface area (TPSA) is 32.3 Å². The van der Waals surface area contributed by atoms with E-state index in [1.165, 1.54) is 16.7 Å². The lowest BCUT2D eigenvalue weighted by atomic mass is 10.1. The Bertz CT molecular complexity index is 346. The van der Waals surface area contributed by atoms with Gasteiger partial charge in [-0.15, -0.1) is 0 Å². The second kappa shape index (κ2) is 4.33.